The molecular formula is C14H17ClO. The second-order valence-corrected chi connectivity index (χ2v) is 4.20. The number of ether oxygens (including phenoxy) is 1. The third-order valence-corrected chi connectivity index (χ3v) is 2.32. The van der Waals surface area contributed by atoms with Crippen LogP contribution in [-0.2, 0) is 11.2 Å². The van der Waals surface area contributed by atoms with Gasteiger partial charge in [-0.1, -0.05) is 54.6 Å². The number of rotatable bonds is 7. The van der Waals surface area contributed by atoms with E-state index in [4.69, 9.17) is 16.3 Å². The molecule has 16 heavy (non-hydrogen) atoms. The van der Waals surface area contributed by atoms with Gasteiger partial charge in [0.05, 0.1) is 12.7 Å². The molecule has 2 heteroatoms. The zero-order valence-electron chi connectivity index (χ0n) is 9.36. The van der Waals surface area contributed by atoms with Crippen molar-refractivity contribution < 1.29 is 4.74 Å². The van der Waals surface area contributed by atoms with Crippen molar-refractivity contribution in [3.05, 3.63) is 60.2 Å². The Kier molecular flexibility index (Phi) is 5.91. The Morgan fingerprint density at radius 1 is 1.38 bits per heavy atom. The van der Waals surface area contributed by atoms with Crippen molar-refractivity contribution in [2.24, 2.45) is 0 Å². The van der Waals surface area contributed by atoms with Crippen LogP contribution in [0.1, 0.15) is 12.0 Å². The second kappa shape index (κ2) is 7.26. The molecular weight excluding hydrogens is 220 g/mol. The molecule has 1 nitrogen and oxygen atoms in total. The average Bonchev–Trinajstić information content (AvgIpc) is 2.27. The third kappa shape index (κ3) is 5.15. The van der Waals surface area contributed by atoms with Crippen molar-refractivity contribution in [2.45, 2.75) is 18.9 Å². The summed E-state index contributed by atoms with van der Waals surface area (Å²) in [6.45, 7) is 7.74. The van der Waals surface area contributed by atoms with Crippen LogP contribution in [0.3, 0.4) is 0 Å². The van der Waals surface area contributed by atoms with Gasteiger partial charge in [-0.15, -0.1) is 6.58 Å². The lowest BCUT2D eigenvalue weighted by Gasteiger charge is -2.16. The third-order valence-electron chi connectivity index (χ3n) is 2.21. The topological polar surface area (TPSA) is 9.23 Å². The summed E-state index contributed by atoms with van der Waals surface area (Å²) in [6.07, 6.45) is 3.68. The van der Waals surface area contributed by atoms with Gasteiger partial charge in [0.15, 0.2) is 0 Å². The van der Waals surface area contributed by atoms with E-state index in [-0.39, 0.29) is 6.10 Å². The van der Waals surface area contributed by atoms with Gasteiger partial charge in [0, 0.05) is 5.03 Å². The summed E-state index contributed by atoms with van der Waals surface area (Å²) in [5.41, 5.74) is 1.26. The summed E-state index contributed by atoms with van der Waals surface area (Å²) in [6, 6.07) is 10.2. The summed E-state index contributed by atoms with van der Waals surface area (Å²) in [7, 11) is 0. The predicted molar refractivity (Wildman–Crippen MR) is 69.7 cm³/mol. The largest absolute Gasteiger partial charge is 0.372 e. The molecule has 0 radical (unpaired) electrons. The molecule has 1 aromatic carbocycles. The lowest BCUT2D eigenvalue weighted by Crippen LogP contribution is -2.16. The van der Waals surface area contributed by atoms with Crippen LogP contribution in [-0.4, -0.2) is 12.7 Å². The van der Waals surface area contributed by atoms with E-state index in [9.17, 15) is 0 Å². The number of hydrogen-bond acceptors (Lipinski definition) is 1. The highest BCUT2D eigenvalue weighted by Crippen LogP contribution is 2.11. The minimum Gasteiger partial charge on any atom is -0.372 e. The highest BCUT2D eigenvalue weighted by molar-refractivity contribution is 6.29. The first-order valence-corrected chi connectivity index (χ1v) is 5.70. The molecule has 86 valence electrons. The van der Waals surface area contributed by atoms with Gasteiger partial charge in [0.2, 0.25) is 0 Å². The van der Waals surface area contributed by atoms with E-state index in [1.807, 2.05) is 24.3 Å². The summed E-state index contributed by atoms with van der Waals surface area (Å²) in [4.78, 5) is 0. The van der Waals surface area contributed by atoms with Crippen molar-refractivity contribution in [3.8, 4) is 0 Å². The van der Waals surface area contributed by atoms with Gasteiger partial charge >= 0.3 is 0 Å². The molecule has 0 aliphatic heterocycles. The molecule has 0 heterocycles. The van der Waals surface area contributed by atoms with Crippen molar-refractivity contribution >= 4 is 11.6 Å². The average molecular weight is 237 g/mol. The van der Waals surface area contributed by atoms with Crippen LogP contribution >= 0.6 is 11.6 Å². The number of benzene rings is 1. The van der Waals surface area contributed by atoms with E-state index in [0.29, 0.717) is 11.6 Å². The standard InChI is InChI=1S/C14H17ClO/c1-3-7-14(16-11-12(2)15)10-13-8-5-4-6-9-13/h3-6,8-9,14H,1-2,7,10-11H2. The Morgan fingerprint density at radius 3 is 2.62 bits per heavy atom. The van der Waals surface area contributed by atoms with E-state index in [0.717, 1.165) is 12.8 Å². The quantitative estimate of drug-likeness (QED) is 0.652. The molecule has 0 amide bonds. The number of hydrogen-bond donors (Lipinski definition) is 0. The first-order valence-electron chi connectivity index (χ1n) is 5.32. The minimum absolute atomic E-state index is 0.121. The summed E-state index contributed by atoms with van der Waals surface area (Å²) >= 11 is 5.68. The smallest absolute Gasteiger partial charge is 0.0821 e. The molecule has 1 rings (SSSR count). The van der Waals surface area contributed by atoms with Crippen molar-refractivity contribution in [2.75, 3.05) is 6.61 Å². The summed E-state index contributed by atoms with van der Waals surface area (Å²) in [5.74, 6) is 0. The molecule has 0 saturated carbocycles. The lowest BCUT2D eigenvalue weighted by molar-refractivity contribution is 0.0753. The summed E-state index contributed by atoms with van der Waals surface area (Å²) < 4.78 is 5.65. The van der Waals surface area contributed by atoms with Gasteiger partial charge < -0.3 is 4.74 Å². The molecule has 1 atom stereocenters. The van der Waals surface area contributed by atoms with Crippen LogP contribution in [0, 0.1) is 0 Å². The van der Waals surface area contributed by atoms with Crippen LogP contribution in [0.25, 0.3) is 0 Å². The molecule has 0 aliphatic carbocycles. The van der Waals surface area contributed by atoms with E-state index >= 15 is 0 Å². The molecule has 0 N–H and O–H groups in total. The van der Waals surface area contributed by atoms with Crippen molar-refractivity contribution in [3.63, 3.8) is 0 Å². The van der Waals surface area contributed by atoms with Crippen LogP contribution in [0.4, 0.5) is 0 Å². The van der Waals surface area contributed by atoms with Gasteiger partial charge in [-0.05, 0) is 18.4 Å². The van der Waals surface area contributed by atoms with Crippen LogP contribution in [0.5, 0.6) is 0 Å². The van der Waals surface area contributed by atoms with E-state index in [2.05, 4.69) is 25.3 Å². The predicted octanol–water partition coefficient (Wildman–Crippen LogP) is 3.94. The monoisotopic (exact) mass is 236 g/mol. The summed E-state index contributed by atoms with van der Waals surface area (Å²) in [5, 5.41) is 0.530. The zero-order valence-corrected chi connectivity index (χ0v) is 10.1. The highest BCUT2D eigenvalue weighted by Gasteiger charge is 2.08. The van der Waals surface area contributed by atoms with Gasteiger partial charge in [0.1, 0.15) is 0 Å². The zero-order chi connectivity index (χ0) is 11.8. The Bertz CT molecular complexity index is 332. The molecule has 1 aromatic rings. The van der Waals surface area contributed by atoms with E-state index < -0.39 is 0 Å². The first-order chi connectivity index (χ1) is 7.72. The van der Waals surface area contributed by atoms with Crippen molar-refractivity contribution in [1.29, 1.82) is 0 Å². The molecule has 1 unspecified atom stereocenters. The molecule has 0 bridgehead atoms. The Labute approximate surface area is 102 Å². The minimum atomic E-state index is 0.121. The maximum Gasteiger partial charge on any atom is 0.0821 e. The molecule has 0 aromatic heterocycles. The van der Waals surface area contributed by atoms with Crippen molar-refractivity contribution in [1.82, 2.24) is 0 Å². The Balaban J connectivity index is 2.50. The van der Waals surface area contributed by atoms with Gasteiger partial charge in [-0.2, -0.15) is 0 Å². The Hall–Kier alpha value is -1.05. The molecule has 0 spiro atoms. The van der Waals surface area contributed by atoms with Crippen LogP contribution < -0.4 is 0 Å². The van der Waals surface area contributed by atoms with Crippen LogP contribution in [0.15, 0.2) is 54.6 Å². The molecule has 0 aliphatic rings. The maximum absolute atomic E-state index is 5.68. The van der Waals surface area contributed by atoms with Gasteiger partial charge in [-0.25, -0.2) is 0 Å². The highest BCUT2D eigenvalue weighted by atomic mass is 35.5. The normalized spacial score (nSPS) is 12.1. The van der Waals surface area contributed by atoms with E-state index in [1.54, 1.807) is 0 Å². The SMILES string of the molecule is C=CCC(Cc1ccccc1)OCC(=C)Cl. The lowest BCUT2D eigenvalue weighted by atomic mass is 10.1. The molecule has 0 fully saturated rings. The molecule has 0 saturated heterocycles. The van der Waals surface area contributed by atoms with Crippen LogP contribution in [0.2, 0.25) is 0 Å². The Morgan fingerprint density at radius 2 is 2.06 bits per heavy atom. The second-order valence-electron chi connectivity index (χ2n) is 3.66. The fourth-order valence-electron chi connectivity index (χ4n) is 1.48. The van der Waals surface area contributed by atoms with Gasteiger partial charge in [0.25, 0.3) is 0 Å². The fourth-order valence-corrected chi connectivity index (χ4v) is 1.54. The maximum atomic E-state index is 5.68. The fraction of sp³-hybridized carbons (Fsp3) is 0.286. The first kappa shape index (κ1) is 13.0. The van der Waals surface area contributed by atoms with Gasteiger partial charge in [-0.3, -0.25) is 0 Å². The number of halogens is 1. The van der Waals surface area contributed by atoms with E-state index in [1.165, 1.54) is 5.56 Å².